The molecule has 1 unspecified atom stereocenters. The summed E-state index contributed by atoms with van der Waals surface area (Å²) in [4.78, 5) is 14.7. The third-order valence-electron chi connectivity index (χ3n) is 5.41. The summed E-state index contributed by atoms with van der Waals surface area (Å²) in [6, 6.07) is 10.1. The van der Waals surface area contributed by atoms with E-state index in [0.717, 1.165) is 51.0 Å². The SMILES string of the molecule is O=C(CCOC1CCOCC1)N1CCCC1(CO)Cc1ccccc1. The second-order valence-corrected chi connectivity index (χ2v) is 7.13. The van der Waals surface area contributed by atoms with Gasteiger partial charge in [-0.3, -0.25) is 4.79 Å². The van der Waals surface area contributed by atoms with Crippen LogP contribution in [0.3, 0.4) is 0 Å². The quantitative estimate of drug-likeness (QED) is 0.821. The molecule has 2 fully saturated rings. The van der Waals surface area contributed by atoms with E-state index in [2.05, 4.69) is 12.1 Å². The fourth-order valence-electron chi connectivity index (χ4n) is 4.00. The Hall–Kier alpha value is -1.43. The van der Waals surface area contributed by atoms with Crippen molar-refractivity contribution >= 4 is 5.91 Å². The van der Waals surface area contributed by atoms with Crippen LogP contribution in [0.25, 0.3) is 0 Å². The van der Waals surface area contributed by atoms with Crippen LogP contribution in [0.4, 0.5) is 0 Å². The first-order valence-electron chi connectivity index (χ1n) is 9.38. The van der Waals surface area contributed by atoms with Crippen LogP contribution in [0.15, 0.2) is 30.3 Å². The third-order valence-corrected chi connectivity index (χ3v) is 5.41. The monoisotopic (exact) mass is 347 g/mol. The molecular formula is C20H29NO4. The highest BCUT2D eigenvalue weighted by molar-refractivity contribution is 5.77. The zero-order valence-corrected chi connectivity index (χ0v) is 14.9. The molecule has 25 heavy (non-hydrogen) atoms. The van der Waals surface area contributed by atoms with Gasteiger partial charge in [-0.2, -0.15) is 0 Å². The Morgan fingerprint density at radius 1 is 1.28 bits per heavy atom. The van der Waals surface area contributed by atoms with E-state index in [9.17, 15) is 9.90 Å². The maximum absolute atomic E-state index is 12.8. The summed E-state index contributed by atoms with van der Waals surface area (Å²) in [6.07, 6.45) is 4.92. The fourth-order valence-corrected chi connectivity index (χ4v) is 4.00. The molecule has 2 aliphatic heterocycles. The first-order valence-corrected chi connectivity index (χ1v) is 9.38. The van der Waals surface area contributed by atoms with Crippen molar-refractivity contribution < 1.29 is 19.4 Å². The predicted molar refractivity (Wildman–Crippen MR) is 95.3 cm³/mol. The lowest BCUT2D eigenvalue weighted by Crippen LogP contribution is -2.51. The number of nitrogens with zero attached hydrogens (tertiary/aromatic N) is 1. The lowest BCUT2D eigenvalue weighted by molar-refractivity contribution is -0.139. The van der Waals surface area contributed by atoms with Gasteiger partial charge in [-0.05, 0) is 37.7 Å². The van der Waals surface area contributed by atoms with E-state index in [1.54, 1.807) is 0 Å². The Kier molecular flexibility index (Phi) is 6.45. The van der Waals surface area contributed by atoms with Crippen molar-refractivity contribution in [1.29, 1.82) is 0 Å². The summed E-state index contributed by atoms with van der Waals surface area (Å²) < 4.78 is 11.2. The molecule has 0 spiro atoms. The van der Waals surface area contributed by atoms with Gasteiger partial charge in [0.1, 0.15) is 0 Å². The van der Waals surface area contributed by atoms with Crippen LogP contribution in [0, 0.1) is 0 Å². The van der Waals surface area contributed by atoms with Crippen molar-refractivity contribution in [3.05, 3.63) is 35.9 Å². The van der Waals surface area contributed by atoms with Crippen molar-refractivity contribution in [2.45, 2.75) is 50.2 Å². The largest absolute Gasteiger partial charge is 0.394 e. The molecule has 2 aliphatic rings. The lowest BCUT2D eigenvalue weighted by Gasteiger charge is -2.37. The number of aliphatic hydroxyl groups is 1. The lowest BCUT2D eigenvalue weighted by atomic mass is 9.88. The number of carbonyl (C=O) groups is 1. The van der Waals surface area contributed by atoms with E-state index >= 15 is 0 Å². The zero-order chi connectivity index (χ0) is 17.5. The maximum Gasteiger partial charge on any atom is 0.225 e. The molecule has 1 aromatic carbocycles. The average Bonchev–Trinajstić information content (AvgIpc) is 3.07. The van der Waals surface area contributed by atoms with Crippen molar-refractivity contribution in [3.8, 4) is 0 Å². The van der Waals surface area contributed by atoms with Crippen LogP contribution in [-0.4, -0.2) is 60.5 Å². The van der Waals surface area contributed by atoms with Gasteiger partial charge in [0.2, 0.25) is 5.91 Å². The van der Waals surface area contributed by atoms with Gasteiger partial charge in [-0.25, -0.2) is 0 Å². The molecule has 1 aromatic rings. The first-order chi connectivity index (χ1) is 12.2. The van der Waals surface area contributed by atoms with E-state index in [1.807, 2.05) is 23.1 Å². The van der Waals surface area contributed by atoms with Gasteiger partial charge in [0.25, 0.3) is 0 Å². The topological polar surface area (TPSA) is 59.0 Å². The van der Waals surface area contributed by atoms with E-state index in [1.165, 1.54) is 0 Å². The van der Waals surface area contributed by atoms with E-state index in [-0.39, 0.29) is 18.6 Å². The highest BCUT2D eigenvalue weighted by Crippen LogP contribution is 2.33. The average molecular weight is 347 g/mol. The van der Waals surface area contributed by atoms with Crippen molar-refractivity contribution in [1.82, 2.24) is 4.90 Å². The third kappa shape index (κ3) is 4.60. The molecule has 0 aliphatic carbocycles. The molecule has 2 heterocycles. The van der Waals surface area contributed by atoms with Gasteiger partial charge in [0, 0.05) is 19.8 Å². The minimum absolute atomic E-state index is 0.00839. The van der Waals surface area contributed by atoms with E-state index < -0.39 is 5.54 Å². The fraction of sp³-hybridized carbons (Fsp3) is 0.650. The molecule has 0 saturated carbocycles. The summed E-state index contributed by atoms with van der Waals surface area (Å²) in [7, 11) is 0. The second-order valence-electron chi connectivity index (χ2n) is 7.13. The number of ether oxygens (including phenoxy) is 2. The number of rotatable bonds is 7. The standard InChI is InChI=1S/C20H29NO4/c22-16-20(15-17-5-2-1-3-6-17)10-4-11-21(20)19(23)9-14-25-18-7-12-24-13-8-18/h1-3,5-6,18,22H,4,7-16H2. The summed E-state index contributed by atoms with van der Waals surface area (Å²) >= 11 is 0. The maximum atomic E-state index is 12.8. The van der Waals surface area contributed by atoms with Crippen LogP contribution in [0.5, 0.6) is 0 Å². The highest BCUT2D eigenvalue weighted by atomic mass is 16.5. The molecule has 0 aromatic heterocycles. The van der Waals surface area contributed by atoms with Crippen molar-refractivity contribution in [2.24, 2.45) is 0 Å². The summed E-state index contributed by atoms with van der Waals surface area (Å²) in [5.41, 5.74) is 0.701. The molecule has 0 radical (unpaired) electrons. The molecule has 138 valence electrons. The minimum atomic E-state index is -0.461. The van der Waals surface area contributed by atoms with E-state index in [4.69, 9.17) is 9.47 Å². The number of benzene rings is 1. The van der Waals surface area contributed by atoms with E-state index in [0.29, 0.717) is 19.4 Å². The number of hydrogen-bond donors (Lipinski definition) is 1. The Morgan fingerprint density at radius 2 is 2.04 bits per heavy atom. The highest BCUT2D eigenvalue weighted by Gasteiger charge is 2.42. The molecule has 0 bridgehead atoms. The molecule has 5 nitrogen and oxygen atoms in total. The number of hydrogen-bond acceptors (Lipinski definition) is 4. The number of aliphatic hydroxyl groups excluding tert-OH is 1. The number of likely N-dealkylation sites (tertiary alicyclic amines) is 1. The summed E-state index contributed by atoms with van der Waals surface area (Å²) in [5, 5.41) is 10.1. The molecule has 3 rings (SSSR count). The van der Waals surface area contributed by atoms with Gasteiger partial charge in [0.05, 0.1) is 31.3 Å². The van der Waals surface area contributed by atoms with Crippen LogP contribution in [-0.2, 0) is 20.7 Å². The van der Waals surface area contributed by atoms with Crippen LogP contribution < -0.4 is 0 Å². The van der Waals surface area contributed by atoms with Crippen molar-refractivity contribution in [2.75, 3.05) is 33.0 Å². The van der Waals surface area contributed by atoms with Gasteiger partial charge in [-0.1, -0.05) is 30.3 Å². The Balaban J connectivity index is 1.56. The number of carbonyl (C=O) groups excluding carboxylic acids is 1. The molecule has 5 heteroatoms. The van der Waals surface area contributed by atoms with Crippen LogP contribution in [0.2, 0.25) is 0 Å². The van der Waals surface area contributed by atoms with Gasteiger partial charge in [-0.15, -0.1) is 0 Å². The second kappa shape index (κ2) is 8.79. The molecule has 1 N–H and O–H groups in total. The summed E-state index contributed by atoms with van der Waals surface area (Å²) in [6.45, 7) is 2.68. The predicted octanol–water partition coefficient (Wildman–Crippen LogP) is 2.17. The molecule has 1 amide bonds. The molecule has 1 atom stereocenters. The zero-order valence-electron chi connectivity index (χ0n) is 14.9. The van der Waals surface area contributed by atoms with Crippen LogP contribution in [0.1, 0.15) is 37.7 Å². The Morgan fingerprint density at radius 3 is 2.76 bits per heavy atom. The summed E-state index contributed by atoms with van der Waals surface area (Å²) in [5.74, 6) is 0.0922. The van der Waals surface area contributed by atoms with Gasteiger partial charge < -0.3 is 19.5 Å². The number of amides is 1. The van der Waals surface area contributed by atoms with Gasteiger partial charge in [0.15, 0.2) is 0 Å². The van der Waals surface area contributed by atoms with Crippen LogP contribution >= 0.6 is 0 Å². The molecule has 2 saturated heterocycles. The first kappa shape index (κ1) is 18.4. The molecular weight excluding hydrogens is 318 g/mol. The normalized spacial score (nSPS) is 24.6. The van der Waals surface area contributed by atoms with Crippen molar-refractivity contribution in [3.63, 3.8) is 0 Å². The van der Waals surface area contributed by atoms with Gasteiger partial charge >= 0.3 is 0 Å². The Bertz CT molecular complexity index is 544. The minimum Gasteiger partial charge on any atom is -0.394 e. The smallest absolute Gasteiger partial charge is 0.225 e. The Labute approximate surface area is 149 Å².